The maximum Gasteiger partial charge on any atom is 1.00 e. The van der Waals surface area contributed by atoms with E-state index in [0.29, 0.717) is 0 Å². The Kier molecular flexibility index (Phi) is 10.2. The number of methoxy groups -OCH3 is 1. The van der Waals surface area contributed by atoms with Crippen molar-refractivity contribution in [2.75, 3.05) is 13.7 Å². The summed E-state index contributed by atoms with van der Waals surface area (Å²) in [6, 6.07) is 1.26. The standard InChI is InChI=1S/C23H36OSi.2Li/c1-14-15(2)19(6)22(18(14)5)25(10,13-11-12-24-9)23-20(7)16(3)17(4)21(23)8;;/h11-13H2,1-10H3;;/q-2;2*+1. The Balaban J connectivity index is 0.00000338. The van der Waals surface area contributed by atoms with Crippen molar-refractivity contribution in [3.8, 4) is 0 Å². The third kappa shape index (κ3) is 4.48. The largest absolute Gasteiger partial charge is 1.00 e. The Hall–Kier alpha value is 0.0717. The van der Waals surface area contributed by atoms with Gasteiger partial charge in [-0.2, -0.15) is 44.5 Å². The van der Waals surface area contributed by atoms with Crippen LogP contribution in [0.2, 0.25) is 12.6 Å². The van der Waals surface area contributed by atoms with E-state index in [9.17, 15) is 0 Å². The average Bonchev–Trinajstić information content (AvgIpc) is 2.88. The molecule has 0 aliphatic rings. The molecule has 0 N–H and O–H groups in total. The summed E-state index contributed by atoms with van der Waals surface area (Å²) < 4.78 is 5.41. The van der Waals surface area contributed by atoms with Crippen LogP contribution in [0.5, 0.6) is 0 Å². The van der Waals surface area contributed by atoms with Gasteiger partial charge < -0.3 is 4.74 Å². The zero-order valence-electron chi connectivity index (χ0n) is 20.0. The zero-order valence-corrected chi connectivity index (χ0v) is 21.0. The fourth-order valence-electron chi connectivity index (χ4n) is 5.04. The number of hydrogen-bond acceptors (Lipinski definition) is 1. The van der Waals surface area contributed by atoms with E-state index in [4.69, 9.17) is 4.74 Å². The molecule has 0 aromatic heterocycles. The van der Waals surface area contributed by atoms with Crippen LogP contribution < -0.4 is 48.1 Å². The van der Waals surface area contributed by atoms with E-state index in [1.54, 1.807) is 10.4 Å². The summed E-state index contributed by atoms with van der Waals surface area (Å²) >= 11 is 0. The van der Waals surface area contributed by atoms with E-state index >= 15 is 0 Å². The molecule has 0 radical (unpaired) electrons. The minimum atomic E-state index is -1.82. The summed E-state index contributed by atoms with van der Waals surface area (Å²) in [7, 11) is 0.000753. The molecular weight excluding hydrogens is 334 g/mol. The summed E-state index contributed by atoms with van der Waals surface area (Å²) in [6.45, 7) is 22.0. The van der Waals surface area contributed by atoms with Gasteiger partial charge in [0.15, 0.2) is 0 Å². The van der Waals surface area contributed by atoms with Crippen LogP contribution in [0.3, 0.4) is 0 Å². The van der Waals surface area contributed by atoms with Gasteiger partial charge in [-0.25, -0.2) is 10.4 Å². The minimum absolute atomic E-state index is 0. The Morgan fingerprint density at radius 2 is 1.11 bits per heavy atom. The molecule has 140 valence electrons. The number of hydrogen-bond donors (Lipinski definition) is 0. The summed E-state index contributed by atoms with van der Waals surface area (Å²) in [5, 5.41) is 3.38. The monoisotopic (exact) mass is 370 g/mol. The van der Waals surface area contributed by atoms with E-state index < -0.39 is 8.07 Å². The minimum Gasteiger partial charge on any atom is -0.385 e. The smallest absolute Gasteiger partial charge is 0.385 e. The van der Waals surface area contributed by atoms with Crippen molar-refractivity contribution in [1.82, 2.24) is 0 Å². The SMILES string of the molecule is COCCC[Si](C)(c1c(C)c(C)[c-](C)c1C)c1c(C)c(C)[c-](C)c1C.[Li+].[Li+]. The molecule has 0 saturated carbocycles. The molecule has 27 heavy (non-hydrogen) atoms. The van der Waals surface area contributed by atoms with Gasteiger partial charge in [0.1, 0.15) is 0 Å². The van der Waals surface area contributed by atoms with Crippen molar-refractivity contribution in [2.45, 2.75) is 74.4 Å². The normalized spacial score (nSPS) is 11.3. The zero-order chi connectivity index (χ0) is 19.1. The molecule has 0 bridgehead atoms. The first-order valence-electron chi connectivity index (χ1n) is 9.55. The van der Waals surface area contributed by atoms with Crippen molar-refractivity contribution >= 4 is 18.4 Å². The average molecular weight is 371 g/mol. The van der Waals surface area contributed by atoms with Crippen molar-refractivity contribution in [3.05, 3.63) is 44.5 Å². The van der Waals surface area contributed by atoms with Crippen LogP contribution in [0.15, 0.2) is 0 Å². The van der Waals surface area contributed by atoms with Crippen LogP contribution in [-0.2, 0) is 4.74 Å². The van der Waals surface area contributed by atoms with Crippen LogP contribution in [0.1, 0.15) is 50.9 Å². The van der Waals surface area contributed by atoms with Gasteiger partial charge >= 0.3 is 37.7 Å². The quantitative estimate of drug-likeness (QED) is 0.354. The van der Waals surface area contributed by atoms with Gasteiger partial charge in [-0.1, -0.05) is 68.0 Å². The molecule has 0 unspecified atom stereocenters. The fraction of sp³-hybridized carbons (Fsp3) is 0.565. The number of ether oxygens (including phenoxy) is 1. The van der Waals surface area contributed by atoms with Crippen molar-refractivity contribution < 1.29 is 42.5 Å². The summed E-state index contributed by atoms with van der Waals surface area (Å²) in [5.41, 5.74) is 12.1. The van der Waals surface area contributed by atoms with Gasteiger partial charge in [0.2, 0.25) is 0 Å². The number of rotatable bonds is 6. The van der Waals surface area contributed by atoms with Gasteiger partial charge in [-0.15, -0.1) is 0 Å². The first-order valence-corrected chi connectivity index (χ1v) is 12.3. The van der Waals surface area contributed by atoms with Crippen LogP contribution in [0.4, 0.5) is 0 Å². The molecule has 0 aliphatic heterocycles. The van der Waals surface area contributed by atoms with E-state index in [-0.39, 0.29) is 37.7 Å². The van der Waals surface area contributed by atoms with Gasteiger partial charge in [-0.05, 0) is 14.5 Å². The molecule has 2 rings (SSSR count). The molecule has 0 aliphatic carbocycles. The summed E-state index contributed by atoms with van der Waals surface area (Å²) in [5.74, 6) is 0. The van der Waals surface area contributed by atoms with E-state index in [2.05, 4.69) is 61.9 Å². The van der Waals surface area contributed by atoms with Crippen molar-refractivity contribution in [1.29, 1.82) is 0 Å². The Labute approximate surface area is 192 Å². The van der Waals surface area contributed by atoms with Gasteiger partial charge in [0.25, 0.3) is 0 Å². The molecule has 0 atom stereocenters. The molecule has 0 amide bonds. The van der Waals surface area contributed by atoms with E-state index in [0.717, 1.165) is 13.0 Å². The molecular formula is C23H36Li2OSi. The van der Waals surface area contributed by atoms with Crippen LogP contribution >= 0.6 is 0 Å². The first kappa shape index (κ1) is 27.1. The molecule has 2 aromatic rings. The predicted molar refractivity (Wildman–Crippen MR) is 114 cm³/mol. The molecule has 1 nitrogen and oxygen atoms in total. The topological polar surface area (TPSA) is 9.23 Å². The van der Waals surface area contributed by atoms with Gasteiger partial charge in [0.05, 0.1) is 0 Å². The Morgan fingerprint density at radius 1 is 0.741 bits per heavy atom. The van der Waals surface area contributed by atoms with Crippen LogP contribution in [0.25, 0.3) is 0 Å². The van der Waals surface area contributed by atoms with E-state index in [1.807, 2.05) is 7.11 Å². The van der Waals surface area contributed by atoms with Crippen molar-refractivity contribution in [3.63, 3.8) is 0 Å². The molecule has 0 spiro atoms. The fourth-order valence-corrected chi connectivity index (χ4v) is 10.7. The Bertz CT molecular complexity index is 674. The predicted octanol–water partition coefficient (Wildman–Crippen LogP) is -1.17. The second kappa shape index (κ2) is 10.2. The van der Waals surface area contributed by atoms with Crippen LogP contribution in [0, 0.1) is 55.4 Å². The molecule has 0 heterocycles. The maximum atomic E-state index is 5.41. The third-order valence-corrected chi connectivity index (χ3v) is 12.1. The second-order valence-electron chi connectivity index (χ2n) is 8.18. The summed E-state index contributed by atoms with van der Waals surface area (Å²) in [4.78, 5) is 0. The van der Waals surface area contributed by atoms with Crippen LogP contribution in [-0.4, -0.2) is 21.8 Å². The maximum absolute atomic E-state index is 5.41. The molecule has 4 heteroatoms. The molecule has 0 saturated heterocycles. The molecule has 2 aromatic carbocycles. The first-order chi connectivity index (χ1) is 11.6. The van der Waals surface area contributed by atoms with Gasteiger partial charge in [-0.3, -0.25) is 0 Å². The third-order valence-electron chi connectivity index (χ3n) is 7.00. The Morgan fingerprint density at radius 3 is 1.37 bits per heavy atom. The molecule has 0 fully saturated rings. The summed E-state index contributed by atoms with van der Waals surface area (Å²) in [6.07, 6.45) is 1.14. The second-order valence-corrected chi connectivity index (χ2v) is 12.3. The van der Waals surface area contributed by atoms with Gasteiger partial charge in [0, 0.05) is 13.7 Å². The van der Waals surface area contributed by atoms with Crippen molar-refractivity contribution in [2.24, 2.45) is 0 Å². The van der Waals surface area contributed by atoms with E-state index in [1.165, 1.54) is 50.6 Å².